The van der Waals surface area contributed by atoms with E-state index in [1.54, 1.807) is 0 Å². The van der Waals surface area contributed by atoms with Crippen molar-refractivity contribution in [3.63, 3.8) is 0 Å². The van der Waals surface area contributed by atoms with Gasteiger partial charge < -0.3 is 10.1 Å². The summed E-state index contributed by atoms with van der Waals surface area (Å²) < 4.78 is 76.9. The first-order chi connectivity index (χ1) is 8.68. The molecule has 1 rings (SSSR count). The average molecular weight is 287 g/mol. The fraction of sp³-hybridized carbons (Fsp3) is 0.455. The molecule has 19 heavy (non-hydrogen) atoms. The molecule has 1 N–H and O–H groups in total. The molecule has 0 fully saturated rings. The zero-order chi connectivity index (χ0) is 14.5. The van der Waals surface area contributed by atoms with E-state index >= 15 is 0 Å². The Bertz CT molecular complexity index is 384. The number of benzene rings is 1. The van der Waals surface area contributed by atoms with E-state index in [1.165, 1.54) is 0 Å². The maximum Gasteiger partial charge on any atom is 0.416 e. The third kappa shape index (κ3) is 6.32. The smallest absolute Gasteiger partial charge is 0.416 e. The van der Waals surface area contributed by atoms with E-state index in [-0.39, 0.29) is 18.9 Å². The summed E-state index contributed by atoms with van der Waals surface area (Å²) in [5.41, 5.74) is -0.810. The molecule has 1 aromatic carbocycles. The summed E-state index contributed by atoms with van der Waals surface area (Å²) in [6, 6.07) is 3.93. The minimum absolute atomic E-state index is 0.0550. The number of hydrogen-bond donors (Lipinski definition) is 1. The summed E-state index contributed by atoms with van der Waals surface area (Å²) in [7, 11) is 0. The van der Waals surface area contributed by atoms with Gasteiger partial charge in [0.05, 0.1) is 12.1 Å². The highest BCUT2D eigenvalue weighted by Crippen LogP contribution is 2.30. The van der Waals surface area contributed by atoms with Crippen molar-refractivity contribution < 1.29 is 31.1 Å². The number of nitrogens with one attached hydrogen (secondary N) is 1. The Hall–Kier alpha value is -1.44. The first-order valence-corrected chi connectivity index (χ1v) is 5.26. The largest absolute Gasteiger partial charge is 0.492 e. The zero-order valence-electron chi connectivity index (χ0n) is 9.61. The van der Waals surface area contributed by atoms with Crippen molar-refractivity contribution in [2.75, 3.05) is 19.7 Å². The van der Waals surface area contributed by atoms with Gasteiger partial charge in [-0.2, -0.15) is 26.3 Å². The normalized spacial score (nSPS) is 12.5. The lowest BCUT2D eigenvalue weighted by atomic mass is 10.2. The van der Waals surface area contributed by atoms with Crippen LogP contribution in [0.1, 0.15) is 5.56 Å². The fourth-order valence-corrected chi connectivity index (χ4v) is 1.21. The monoisotopic (exact) mass is 287 g/mol. The van der Waals surface area contributed by atoms with Crippen LogP contribution in [-0.4, -0.2) is 25.9 Å². The lowest BCUT2D eigenvalue weighted by Gasteiger charge is -2.10. The molecule has 0 aliphatic rings. The highest BCUT2D eigenvalue weighted by molar-refractivity contribution is 5.28. The van der Waals surface area contributed by atoms with Gasteiger partial charge in [0.15, 0.2) is 0 Å². The van der Waals surface area contributed by atoms with E-state index in [1.807, 2.05) is 0 Å². The molecule has 0 aromatic heterocycles. The first kappa shape index (κ1) is 15.6. The van der Waals surface area contributed by atoms with Gasteiger partial charge in [0, 0.05) is 6.54 Å². The van der Waals surface area contributed by atoms with Crippen molar-refractivity contribution in [3.05, 3.63) is 29.8 Å². The number of hydrogen-bond acceptors (Lipinski definition) is 2. The van der Waals surface area contributed by atoms with Gasteiger partial charge in [-0.1, -0.05) is 0 Å². The number of rotatable bonds is 5. The number of ether oxygens (including phenoxy) is 1. The second-order valence-electron chi connectivity index (χ2n) is 3.66. The first-order valence-electron chi connectivity index (χ1n) is 5.26. The van der Waals surface area contributed by atoms with Crippen LogP contribution in [0.5, 0.6) is 5.75 Å². The van der Waals surface area contributed by atoms with Crippen LogP contribution in [0.3, 0.4) is 0 Å². The van der Waals surface area contributed by atoms with E-state index in [9.17, 15) is 26.3 Å². The summed E-state index contributed by atoms with van der Waals surface area (Å²) in [4.78, 5) is 0. The van der Waals surface area contributed by atoms with Crippen LogP contribution in [0.25, 0.3) is 0 Å². The maximum absolute atomic E-state index is 12.2. The molecule has 0 aliphatic heterocycles. The van der Waals surface area contributed by atoms with Crippen molar-refractivity contribution >= 4 is 0 Å². The Morgan fingerprint density at radius 3 is 2.00 bits per heavy atom. The van der Waals surface area contributed by atoms with E-state index in [2.05, 4.69) is 5.32 Å². The molecular weight excluding hydrogens is 276 g/mol. The second-order valence-corrected chi connectivity index (χ2v) is 3.66. The van der Waals surface area contributed by atoms with Gasteiger partial charge in [-0.25, -0.2) is 0 Å². The molecule has 0 saturated carbocycles. The number of halogens is 6. The molecule has 0 unspecified atom stereocenters. The van der Waals surface area contributed by atoms with Crippen LogP contribution in [0.15, 0.2) is 24.3 Å². The Balaban J connectivity index is 2.31. The van der Waals surface area contributed by atoms with Crippen LogP contribution in [0.4, 0.5) is 26.3 Å². The van der Waals surface area contributed by atoms with Gasteiger partial charge in [0.1, 0.15) is 12.4 Å². The van der Waals surface area contributed by atoms with Crippen LogP contribution in [-0.2, 0) is 6.18 Å². The van der Waals surface area contributed by atoms with Crippen molar-refractivity contribution in [1.82, 2.24) is 5.32 Å². The van der Waals surface area contributed by atoms with Crippen LogP contribution >= 0.6 is 0 Å². The van der Waals surface area contributed by atoms with E-state index in [0.717, 1.165) is 24.3 Å². The van der Waals surface area contributed by atoms with Crippen LogP contribution in [0.2, 0.25) is 0 Å². The predicted molar refractivity (Wildman–Crippen MR) is 55.9 cm³/mol. The molecular formula is C11H11F6NO. The van der Waals surface area contributed by atoms with Gasteiger partial charge in [-0.15, -0.1) is 0 Å². The summed E-state index contributed by atoms with van der Waals surface area (Å²) in [6.07, 6.45) is -8.72. The minimum Gasteiger partial charge on any atom is -0.492 e. The molecule has 0 bridgehead atoms. The highest BCUT2D eigenvalue weighted by Gasteiger charge is 2.30. The van der Waals surface area contributed by atoms with Crippen molar-refractivity contribution in [1.29, 1.82) is 0 Å². The van der Waals surface area contributed by atoms with Gasteiger partial charge in [-0.3, -0.25) is 0 Å². The molecule has 8 heteroatoms. The van der Waals surface area contributed by atoms with Gasteiger partial charge in [0.2, 0.25) is 0 Å². The van der Waals surface area contributed by atoms with Crippen LogP contribution < -0.4 is 10.1 Å². The third-order valence-corrected chi connectivity index (χ3v) is 2.05. The Morgan fingerprint density at radius 1 is 0.947 bits per heavy atom. The fourth-order valence-electron chi connectivity index (χ4n) is 1.21. The molecule has 0 aliphatic carbocycles. The van der Waals surface area contributed by atoms with Gasteiger partial charge in [-0.05, 0) is 24.3 Å². The third-order valence-electron chi connectivity index (χ3n) is 2.05. The topological polar surface area (TPSA) is 21.3 Å². The maximum atomic E-state index is 12.2. The predicted octanol–water partition coefficient (Wildman–Crippen LogP) is 3.24. The molecule has 0 heterocycles. The molecule has 2 nitrogen and oxygen atoms in total. The lowest BCUT2D eigenvalue weighted by Crippen LogP contribution is -2.31. The zero-order valence-corrected chi connectivity index (χ0v) is 9.61. The summed E-state index contributed by atoms with van der Waals surface area (Å²) in [5, 5.41) is 2.10. The van der Waals surface area contributed by atoms with E-state index in [0.29, 0.717) is 0 Å². The Labute approximate surface area is 105 Å². The van der Waals surface area contributed by atoms with E-state index in [4.69, 9.17) is 4.74 Å². The molecule has 0 radical (unpaired) electrons. The SMILES string of the molecule is FC(F)(F)CNCCOc1ccc(C(F)(F)F)cc1. The molecule has 0 amide bonds. The van der Waals surface area contributed by atoms with Crippen molar-refractivity contribution in [2.24, 2.45) is 0 Å². The number of alkyl halides is 6. The Morgan fingerprint density at radius 2 is 1.53 bits per heavy atom. The molecule has 0 spiro atoms. The Kier molecular flexibility index (Phi) is 5.04. The molecule has 0 saturated heterocycles. The van der Waals surface area contributed by atoms with Gasteiger partial charge in [0.25, 0.3) is 0 Å². The second kappa shape index (κ2) is 6.14. The summed E-state index contributed by atoms with van der Waals surface area (Å²) in [5.74, 6) is 0.168. The summed E-state index contributed by atoms with van der Waals surface area (Å²) in [6.45, 7) is -1.26. The molecule has 0 atom stereocenters. The summed E-state index contributed by atoms with van der Waals surface area (Å²) >= 11 is 0. The highest BCUT2D eigenvalue weighted by atomic mass is 19.4. The van der Waals surface area contributed by atoms with Gasteiger partial charge >= 0.3 is 12.4 Å². The van der Waals surface area contributed by atoms with Crippen molar-refractivity contribution in [3.8, 4) is 5.75 Å². The van der Waals surface area contributed by atoms with E-state index < -0.39 is 24.5 Å². The minimum atomic E-state index is -4.42. The average Bonchev–Trinajstić information content (AvgIpc) is 2.26. The standard InChI is InChI=1S/C11H11F6NO/c12-10(13,14)7-18-5-6-19-9-3-1-8(2-4-9)11(15,16)17/h1-4,18H,5-7H2. The molecule has 108 valence electrons. The van der Waals surface area contributed by atoms with Crippen molar-refractivity contribution in [2.45, 2.75) is 12.4 Å². The quantitative estimate of drug-likeness (QED) is 0.663. The molecule has 1 aromatic rings. The van der Waals surface area contributed by atoms with Crippen LogP contribution in [0, 0.1) is 0 Å². The lowest BCUT2D eigenvalue weighted by molar-refractivity contribution is -0.137.